The molecule has 0 aliphatic carbocycles. The van der Waals surface area contributed by atoms with E-state index in [1.165, 1.54) is 0 Å². The maximum atomic E-state index is 14.7. The summed E-state index contributed by atoms with van der Waals surface area (Å²) in [7, 11) is 0. The van der Waals surface area contributed by atoms with Crippen LogP contribution in [0.4, 0.5) is 0 Å². The topological polar surface area (TPSA) is 81.7 Å². The molecule has 4 nitrogen and oxygen atoms in total. The number of carbonyl (C=O) groups excluding carboxylic acids is 2. The van der Waals surface area contributed by atoms with Crippen molar-refractivity contribution in [1.29, 1.82) is 10.5 Å². The molecule has 0 fully saturated rings. The number of hydrogen-bond acceptors (Lipinski definition) is 4. The number of Topliss-reactive ketones (excluding diaryl/α,β-unsaturated/α-hetero) is 2. The molecule has 0 radical (unpaired) electrons. The van der Waals surface area contributed by atoms with Gasteiger partial charge in [0.2, 0.25) is 0 Å². The van der Waals surface area contributed by atoms with Crippen LogP contribution in [0.2, 0.25) is 0 Å². The van der Waals surface area contributed by atoms with E-state index in [0.717, 1.165) is 31.8 Å². The van der Waals surface area contributed by atoms with Gasteiger partial charge >= 0.3 is 0 Å². The van der Waals surface area contributed by atoms with Gasteiger partial charge in [0.1, 0.15) is 22.7 Å². The van der Waals surface area contributed by atoms with E-state index in [0.29, 0.717) is 0 Å². The van der Waals surface area contributed by atoms with Gasteiger partial charge in [-0.15, -0.1) is 0 Å². The van der Waals surface area contributed by atoms with Crippen molar-refractivity contribution in [2.75, 3.05) is 0 Å². The molecule has 0 saturated carbocycles. The third-order valence-electron chi connectivity index (χ3n) is 8.59. The molecule has 6 aromatic carbocycles. The van der Waals surface area contributed by atoms with Crippen LogP contribution in [0.3, 0.4) is 0 Å². The molecule has 0 aliphatic heterocycles. The summed E-state index contributed by atoms with van der Waals surface area (Å²) in [6, 6.07) is 62.3. The van der Waals surface area contributed by atoms with Gasteiger partial charge in [0.25, 0.3) is 0 Å². The molecule has 0 heterocycles. The van der Waals surface area contributed by atoms with Crippen molar-refractivity contribution in [3.8, 4) is 12.1 Å². The predicted octanol–water partition coefficient (Wildman–Crippen LogP) is 5.89. The summed E-state index contributed by atoms with van der Waals surface area (Å²) in [6.07, 6.45) is -0.617. The van der Waals surface area contributed by atoms with Crippen molar-refractivity contribution in [1.82, 2.24) is 0 Å². The fraction of sp³-hybridized carbons (Fsp3) is 0.0233. The fourth-order valence-electron chi connectivity index (χ4n) is 6.54. The molecule has 0 aliphatic rings. The highest BCUT2D eigenvalue weighted by atomic mass is 31.2. The lowest BCUT2D eigenvalue weighted by Crippen LogP contribution is -2.36. The summed E-state index contributed by atoms with van der Waals surface area (Å²) in [4.78, 5) is 29.5. The summed E-state index contributed by atoms with van der Waals surface area (Å²) in [6.45, 7) is -6.12. The van der Waals surface area contributed by atoms with Crippen molar-refractivity contribution >= 4 is 67.8 Å². The monoisotopic (exact) mass is 670 g/mol. The SMILES string of the molecule is N#CC(C(=O)CC(=O)C(C#N)=P(c1ccccc1)(c1ccccc1)c1ccccc1)=P(c1ccccc1)(c1ccccc1)c1ccccc1. The Morgan fingerprint density at radius 1 is 0.367 bits per heavy atom. The van der Waals surface area contributed by atoms with E-state index in [2.05, 4.69) is 12.1 Å². The first-order chi connectivity index (χ1) is 24.1. The third kappa shape index (κ3) is 6.06. The lowest BCUT2D eigenvalue weighted by molar-refractivity contribution is -0.119. The lowest BCUT2D eigenvalue weighted by Gasteiger charge is -2.31. The van der Waals surface area contributed by atoms with E-state index in [1.54, 1.807) is 0 Å². The third-order valence-corrected chi connectivity index (χ3v) is 17.1. The van der Waals surface area contributed by atoms with Crippen LogP contribution in [0.1, 0.15) is 6.42 Å². The molecule has 0 aromatic heterocycles. The molecule has 0 amide bonds. The number of ketones is 2. The van der Waals surface area contributed by atoms with Crippen LogP contribution in [-0.2, 0) is 9.59 Å². The van der Waals surface area contributed by atoms with E-state index >= 15 is 0 Å². The van der Waals surface area contributed by atoms with Crippen LogP contribution < -0.4 is 31.8 Å². The highest BCUT2D eigenvalue weighted by Gasteiger charge is 2.37. The largest absolute Gasteiger partial charge is 0.293 e. The van der Waals surface area contributed by atoms with Gasteiger partial charge in [-0.25, -0.2) is 0 Å². The Labute approximate surface area is 287 Å². The van der Waals surface area contributed by atoms with E-state index in [9.17, 15) is 20.1 Å². The van der Waals surface area contributed by atoms with Gasteiger partial charge in [-0.3, -0.25) is 9.59 Å². The average molecular weight is 671 g/mol. The number of nitrogens with zero attached hydrogens (tertiary/aromatic N) is 2. The molecule has 6 heteroatoms. The Morgan fingerprint density at radius 3 is 0.714 bits per heavy atom. The van der Waals surface area contributed by atoms with Gasteiger partial charge < -0.3 is 0 Å². The molecule has 6 aromatic rings. The molecule has 0 bridgehead atoms. The number of hydrogen-bond donors (Lipinski definition) is 0. The summed E-state index contributed by atoms with van der Waals surface area (Å²) >= 11 is 0. The van der Waals surface area contributed by atoms with Crippen LogP contribution in [0.5, 0.6) is 0 Å². The van der Waals surface area contributed by atoms with Crippen molar-refractivity contribution < 1.29 is 9.59 Å². The molecule has 6 rings (SSSR count). The molecular formula is C43H32N2O2P2. The highest BCUT2D eigenvalue weighted by Crippen LogP contribution is 2.48. The Balaban J connectivity index is 1.66. The van der Waals surface area contributed by atoms with Crippen molar-refractivity contribution in [2.24, 2.45) is 0 Å². The van der Waals surface area contributed by atoms with Gasteiger partial charge in [0, 0.05) is 0 Å². The second-order valence-electron chi connectivity index (χ2n) is 11.3. The van der Waals surface area contributed by atoms with Crippen LogP contribution in [0.15, 0.2) is 182 Å². The van der Waals surface area contributed by atoms with E-state index in [-0.39, 0.29) is 10.6 Å². The first-order valence-corrected chi connectivity index (χ1v) is 19.4. The smallest absolute Gasteiger partial charge is 0.182 e. The van der Waals surface area contributed by atoms with Crippen molar-refractivity contribution in [2.45, 2.75) is 6.42 Å². The standard InChI is InChI=1S/C43H32N2O2P2/c44-32-42(48(34-19-7-1-8-20-34,35-21-9-2-10-22-35)36-23-11-3-12-24-36)40(46)31-41(47)43(33-45)49(37-25-13-4-14-26-37,38-27-15-5-16-28-38)39-29-17-6-18-30-39/h1-30H,31H2. The average Bonchev–Trinajstić information content (AvgIpc) is 3.18. The second-order valence-corrected chi connectivity index (χ2v) is 18.0. The fourth-order valence-corrected chi connectivity index (χ4v) is 14.8. The number of carbonyl (C=O) groups is 2. The number of nitriles is 2. The van der Waals surface area contributed by atoms with E-state index in [4.69, 9.17) is 0 Å². The minimum atomic E-state index is -3.06. The van der Waals surface area contributed by atoms with E-state index in [1.807, 2.05) is 182 Å². The molecule has 49 heavy (non-hydrogen) atoms. The Bertz CT molecular complexity index is 1920. The summed E-state index contributed by atoms with van der Waals surface area (Å²) in [5, 5.41) is 26.9. The maximum Gasteiger partial charge on any atom is 0.182 e. The van der Waals surface area contributed by atoms with Crippen LogP contribution >= 0.6 is 13.8 Å². The molecule has 0 unspecified atom stereocenters. The molecule has 236 valence electrons. The van der Waals surface area contributed by atoms with Crippen molar-refractivity contribution in [3.05, 3.63) is 182 Å². The zero-order valence-corrected chi connectivity index (χ0v) is 28.4. The molecule has 0 spiro atoms. The Morgan fingerprint density at radius 2 is 0.551 bits per heavy atom. The van der Waals surface area contributed by atoms with Crippen LogP contribution in [0.25, 0.3) is 0 Å². The van der Waals surface area contributed by atoms with Gasteiger partial charge in [-0.05, 0) is 45.6 Å². The number of rotatable bonds is 10. The Kier molecular flexibility index (Phi) is 10.1. The second kappa shape index (κ2) is 15.0. The highest BCUT2D eigenvalue weighted by molar-refractivity contribution is 7.97. The summed E-state index contributed by atoms with van der Waals surface area (Å²) < 4.78 is 0. The minimum absolute atomic E-state index is 0.0183. The van der Waals surface area contributed by atoms with Gasteiger partial charge in [0.05, 0.1) is 6.42 Å². The molecular weight excluding hydrogens is 638 g/mol. The van der Waals surface area contributed by atoms with E-state index < -0.39 is 31.8 Å². The summed E-state index contributed by atoms with van der Waals surface area (Å²) in [5.41, 5.74) is 0. The molecule has 0 atom stereocenters. The van der Waals surface area contributed by atoms with Gasteiger partial charge in [0.15, 0.2) is 11.6 Å². The molecule has 0 saturated heterocycles. The van der Waals surface area contributed by atoms with Gasteiger partial charge in [-0.1, -0.05) is 182 Å². The Hall–Kier alpha value is -5.76. The van der Waals surface area contributed by atoms with Gasteiger partial charge in [-0.2, -0.15) is 10.5 Å². The quantitative estimate of drug-likeness (QED) is 0.134. The number of benzene rings is 6. The molecule has 0 N–H and O–H groups in total. The zero-order valence-electron chi connectivity index (χ0n) is 26.6. The first kappa shape index (κ1) is 33.2. The zero-order chi connectivity index (χ0) is 34.1. The first-order valence-electron chi connectivity index (χ1n) is 15.8. The van der Waals surface area contributed by atoms with Crippen LogP contribution in [0, 0.1) is 22.7 Å². The van der Waals surface area contributed by atoms with Crippen molar-refractivity contribution in [3.63, 3.8) is 0 Å². The minimum Gasteiger partial charge on any atom is -0.293 e. The predicted molar refractivity (Wildman–Crippen MR) is 206 cm³/mol. The lowest BCUT2D eigenvalue weighted by atomic mass is 10.1. The van der Waals surface area contributed by atoms with Crippen LogP contribution in [-0.4, -0.2) is 22.2 Å². The normalized spacial score (nSPS) is 11.1. The summed E-state index contributed by atoms with van der Waals surface area (Å²) in [5.74, 6) is -1.17. The maximum absolute atomic E-state index is 14.7.